The summed E-state index contributed by atoms with van der Waals surface area (Å²) in [5.41, 5.74) is 3.44. The first-order chi connectivity index (χ1) is 10.7. The molecule has 1 atom stereocenters. The van der Waals surface area contributed by atoms with Gasteiger partial charge in [0, 0.05) is 6.04 Å². The molecule has 0 bridgehead atoms. The molecule has 0 aliphatic carbocycles. The lowest BCUT2D eigenvalue weighted by molar-refractivity contribution is 0.354. The quantitative estimate of drug-likeness (QED) is 0.940. The van der Waals surface area contributed by atoms with Crippen molar-refractivity contribution in [1.82, 2.24) is 5.32 Å². The maximum atomic E-state index is 13.4. The fraction of sp³-hybridized carbons (Fsp3) is 0.333. The van der Waals surface area contributed by atoms with E-state index >= 15 is 0 Å². The zero-order valence-corrected chi connectivity index (χ0v) is 12.9. The highest BCUT2D eigenvalue weighted by Gasteiger charge is 2.20. The molecular formula is C18H20FNO2. The number of fused-ring (bicyclic) bond motifs is 1. The Bertz CT molecular complexity index is 672. The molecule has 4 heteroatoms. The van der Waals surface area contributed by atoms with Crippen molar-refractivity contribution in [3.63, 3.8) is 0 Å². The molecule has 1 aliphatic heterocycles. The first-order valence-corrected chi connectivity index (χ1v) is 7.44. The number of methoxy groups -OCH3 is 2. The second-order valence-electron chi connectivity index (χ2n) is 5.49. The average molecular weight is 301 g/mol. The van der Waals surface area contributed by atoms with Gasteiger partial charge in [-0.2, -0.15) is 0 Å². The Morgan fingerprint density at radius 2 is 1.91 bits per heavy atom. The molecule has 22 heavy (non-hydrogen) atoms. The summed E-state index contributed by atoms with van der Waals surface area (Å²) in [4.78, 5) is 0. The Balaban J connectivity index is 1.85. The van der Waals surface area contributed by atoms with E-state index in [1.807, 2.05) is 24.3 Å². The largest absolute Gasteiger partial charge is 0.493 e. The molecule has 1 heterocycles. The summed E-state index contributed by atoms with van der Waals surface area (Å²) in [6.07, 6.45) is 1.70. The van der Waals surface area contributed by atoms with Crippen LogP contribution in [0.2, 0.25) is 0 Å². The fourth-order valence-corrected chi connectivity index (χ4v) is 3.05. The number of ether oxygens (including phenoxy) is 2. The van der Waals surface area contributed by atoms with E-state index in [4.69, 9.17) is 9.47 Å². The van der Waals surface area contributed by atoms with Crippen molar-refractivity contribution in [2.24, 2.45) is 0 Å². The van der Waals surface area contributed by atoms with Crippen molar-refractivity contribution in [2.45, 2.75) is 18.9 Å². The summed E-state index contributed by atoms with van der Waals surface area (Å²) in [5.74, 6) is 1.30. The molecule has 0 spiro atoms. The number of hydrogen-bond acceptors (Lipinski definition) is 3. The normalized spacial score (nSPS) is 17.0. The molecule has 0 radical (unpaired) electrons. The van der Waals surface area contributed by atoms with Crippen LogP contribution in [0.5, 0.6) is 11.5 Å². The smallest absolute Gasteiger partial charge is 0.160 e. The predicted molar refractivity (Wildman–Crippen MR) is 84.1 cm³/mol. The van der Waals surface area contributed by atoms with Gasteiger partial charge in [-0.05, 0) is 60.3 Å². The van der Waals surface area contributed by atoms with E-state index in [0.29, 0.717) is 0 Å². The van der Waals surface area contributed by atoms with Crippen LogP contribution in [0, 0.1) is 5.82 Å². The van der Waals surface area contributed by atoms with E-state index in [2.05, 4.69) is 5.32 Å². The highest BCUT2D eigenvalue weighted by atomic mass is 19.1. The standard InChI is InChI=1S/C18H20FNO2/c1-21-17-6-3-12(10-18(17)22-2)9-16-15-5-4-14(19)11-13(15)7-8-20-16/h3-6,10-11,16,20H,7-9H2,1-2H3/t16-/m0/s1. The van der Waals surface area contributed by atoms with E-state index in [0.717, 1.165) is 42.0 Å². The summed E-state index contributed by atoms with van der Waals surface area (Å²) in [5, 5.41) is 3.51. The summed E-state index contributed by atoms with van der Waals surface area (Å²) in [6, 6.07) is 11.2. The van der Waals surface area contributed by atoms with Gasteiger partial charge in [0.2, 0.25) is 0 Å². The Hall–Kier alpha value is -2.07. The van der Waals surface area contributed by atoms with Crippen LogP contribution in [0.25, 0.3) is 0 Å². The van der Waals surface area contributed by atoms with Crippen LogP contribution >= 0.6 is 0 Å². The van der Waals surface area contributed by atoms with Crippen LogP contribution in [0.3, 0.4) is 0 Å². The summed E-state index contributed by atoms with van der Waals surface area (Å²) in [6.45, 7) is 0.869. The van der Waals surface area contributed by atoms with Gasteiger partial charge in [-0.3, -0.25) is 0 Å². The predicted octanol–water partition coefficient (Wildman–Crippen LogP) is 3.27. The second-order valence-corrected chi connectivity index (χ2v) is 5.49. The van der Waals surface area contributed by atoms with Crippen LogP contribution < -0.4 is 14.8 Å². The monoisotopic (exact) mass is 301 g/mol. The number of hydrogen-bond donors (Lipinski definition) is 1. The molecule has 0 unspecified atom stereocenters. The number of halogens is 1. The maximum Gasteiger partial charge on any atom is 0.160 e. The zero-order valence-electron chi connectivity index (χ0n) is 12.9. The Labute approximate surface area is 130 Å². The van der Waals surface area contributed by atoms with Crippen LogP contribution in [-0.2, 0) is 12.8 Å². The van der Waals surface area contributed by atoms with Crippen molar-refractivity contribution in [3.8, 4) is 11.5 Å². The number of benzene rings is 2. The van der Waals surface area contributed by atoms with E-state index in [-0.39, 0.29) is 11.9 Å². The Morgan fingerprint density at radius 1 is 1.09 bits per heavy atom. The third kappa shape index (κ3) is 2.92. The minimum absolute atomic E-state index is 0.162. The van der Waals surface area contributed by atoms with Gasteiger partial charge in [-0.15, -0.1) is 0 Å². The summed E-state index contributed by atoms with van der Waals surface area (Å²) >= 11 is 0. The van der Waals surface area contributed by atoms with Crippen LogP contribution in [0.15, 0.2) is 36.4 Å². The van der Waals surface area contributed by atoms with Crippen molar-refractivity contribution in [2.75, 3.05) is 20.8 Å². The van der Waals surface area contributed by atoms with E-state index in [1.54, 1.807) is 20.3 Å². The van der Waals surface area contributed by atoms with Crippen molar-refractivity contribution in [3.05, 3.63) is 58.9 Å². The molecule has 3 nitrogen and oxygen atoms in total. The maximum absolute atomic E-state index is 13.4. The SMILES string of the molecule is COc1ccc(C[C@@H]2NCCc3cc(F)ccc32)cc1OC. The van der Waals surface area contributed by atoms with Gasteiger partial charge in [0.25, 0.3) is 0 Å². The first-order valence-electron chi connectivity index (χ1n) is 7.44. The van der Waals surface area contributed by atoms with Gasteiger partial charge in [0.05, 0.1) is 14.2 Å². The molecule has 2 aromatic carbocycles. The van der Waals surface area contributed by atoms with Crippen molar-refractivity contribution < 1.29 is 13.9 Å². The van der Waals surface area contributed by atoms with Crippen LogP contribution in [0.4, 0.5) is 4.39 Å². The molecule has 1 N–H and O–H groups in total. The van der Waals surface area contributed by atoms with Gasteiger partial charge < -0.3 is 14.8 Å². The highest BCUT2D eigenvalue weighted by Crippen LogP contribution is 2.31. The average Bonchev–Trinajstić information content (AvgIpc) is 2.54. The Kier molecular flexibility index (Phi) is 4.29. The number of nitrogens with one attached hydrogen (secondary N) is 1. The molecule has 3 rings (SSSR count). The molecule has 0 saturated heterocycles. The van der Waals surface area contributed by atoms with Crippen LogP contribution in [0.1, 0.15) is 22.7 Å². The molecule has 0 amide bonds. The van der Waals surface area contributed by atoms with E-state index in [1.165, 1.54) is 11.6 Å². The third-order valence-electron chi connectivity index (χ3n) is 4.15. The minimum atomic E-state index is -0.162. The number of rotatable bonds is 4. The van der Waals surface area contributed by atoms with Crippen LogP contribution in [-0.4, -0.2) is 20.8 Å². The third-order valence-corrected chi connectivity index (χ3v) is 4.15. The molecule has 0 saturated carbocycles. The van der Waals surface area contributed by atoms with Gasteiger partial charge >= 0.3 is 0 Å². The molecule has 0 aromatic heterocycles. The molecule has 0 fully saturated rings. The minimum Gasteiger partial charge on any atom is -0.493 e. The molecule has 116 valence electrons. The lowest BCUT2D eigenvalue weighted by atomic mass is 9.90. The summed E-state index contributed by atoms with van der Waals surface area (Å²) in [7, 11) is 3.27. The lowest BCUT2D eigenvalue weighted by Gasteiger charge is -2.27. The molecular weight excluding hydrogens is 281 g/mol. The highest BCUT2D eigenvalue weighted by molar-refractivity contribution is 5.44. The van der Waals surface area contributed by atoms with Gasteiger partial charge in [-0.1, -0.05) is 12.1 Å². The fourth-order valence-electron chi connectivity index (χ4n) is 3.05. The van der Waals surface area contributed by atoms with Crippen molar-refractivity contribution in [1.29, 1.82) is 0 Å². The molecule has 2 aromatic rings. The van der Waals surface area contributed by atoms with Gasteiger partial charge in [-0.25, -0.2) is 4.39 Å². The van der Waals surface area contributed by atoms with Gasteiger partial charge in [0.1, 0.15) is 5.82 Å². The van der Waals surface area contributed by atoms with E-state index in [9.17, 15) is 4.39 Å². The lowest BCUT2D eigenvalue weighted by Crippen LogP contribution is -2.31. The second kappa shape index (κ2) is 6.36. The summed E-state index contributed by atoms with van der Waals surface area (Å²) < 4.78 is 24.0. The van der Waals surface area contributed by atoms with Gasteiger partial charge in [0.15, 0.2) is 11.5 Å². The first kappa shape index (κ1) is 14.9. The zero-order chi connectivity index (χ0) is 15.5. The van der Waals surface area contributed by atoms with E-state index < -0.39 is 0 Å². The topological polar surface area (TPSA) is 30.5 Å². The van der Waals surface area contributed by atoms with Crippen molar-refractivity contribution >= 4 is 0 Å². The Morgan fingerprint density at radius 3 is 2.68 bits per heavy atom. The molecule has 1 aliphatic rings.